The molecule has 10 fully saturated rings. The van der Waals surface area contributed by atoms with Crippen LogP contribution in [0.5, 0.6) is 0 Å². The van der Waals surface area contributed by atoms with Crippen molar-refractivity contribution in [2.45, 2.75) is 158 Å². The Labute approximate surface area is 565 Å². The van der Waals surface area contributed by atoms with Crippen molar-refractivity contribution in [2.24, 2.45) is 11.8 Å². The van der Waals surface area contributed by atoms with Gasteiger partial charge in [0.2, 0.25) is 43.7 Å². The summed E-state index contributed by atoms with van der Waals surface area (Å²) in [7, 11) is -2.95. The highest BCUT2D eigenvalue weighted by Crippen LogP contribution is 2.14. The van der Waals surface area contributed by atoms with E-state index >= 15 is 0 Å². The molecule has 0 bridgehead atoms. The number of hydrogen-bond donors (Lipinski definition) is 0. The molecule has 10 atom stereocenters. The maximum Gasteiger partial charge on any atom is 0.248 e. The van der Waals surface area contributed by atoms with Crippen LogP contribution in [0, 0.1) is 11.8 Å². The van der Waals surface area contributed by atoms with Crippen molar-refractivity contribution in [1.82, 2.24) is 28.2 Å². The minimum atomic E-state index is -3.01. The number of hydrogen-bond acceptors (Lipinski definition) is 22. The first-order valence-electron chi connectivity index (χ1n) is 33.6. The van der Waals surface area contributed by atoms with E-state index in [0.29, 0.717) is 104 Å². The van der Waals surface area contributed by atoms with Crippen molar-refractivity contribution < 1.29 is 102 Å². The predicted octanol–water partition coefficient (Wildman–Crippen LogP) is 3.31. The van der Waals surface area contributed by atoms with Gasteiger partial charge < -0.3 is 85.9 Å². The zero-order chi connectivity index (χ0) is 70.5. The van der Waals surface area contributed by atoms with Crippen molar-refractivity contribution in [2.75, 3.05) is 224 Å². The first kappa shape index (κ1) is 89.2. The van der Waals surface area contributed by atoms with E-state index < -0.39 is 20.0 Å². The van der Waals surface area contributed by atoms with Crippen molar-refractivity contribution in [3.63, 3.8) is 0 Å². The van der Waals surface area contributed by atoms with Crippen LogP contribution in [-0.4, -0.2) is 342 Å². The Hall–Kier alpha value is -2.86. The monoisotopic (exact) mass is 1390 g/mol. The Kier molecular flexibility index (Phi) is 49.5. The molecule has 10 aliphatic rings. The summed E-state index contributed by atoms with van der Waals surface area (Å²) >= 11 is 0. The van der Waals surface area contributed by atoms with Gasteiger partial charge in [0.15, 0.2) is 0 Å². The number of carbonyl (C=O) groups is 4. The molecule has 10 aliphatic heterocycles. The van der Waals surface area contributed by atoms with Crippen LogP contribution in [0.4, 0.5) is 0 Å². The standard InChI is InChI=1S/2C8H15NO3.2C7H13NO2.2C6H13NO3S.2C6H12O.2C5H10O2/c2*1-7-5-9(3-4-12-7)8(10)6-11-2;2*1-6-5-8(7(2)9)3-4-10-6;2*1-6-5-7(3-4-10-6)11(2,8)9;2*1-6-3-2-4-7-5-6;2*1-5-4-6-2-3-7-5/h2*7H,3-6H2,1-2H3;2*6H,3-5H2,1-2H3;2*6H,3-5H2,1-2H3;2*6H,2-5H2,1H3;2*5H,2-4H2,1H3/t2*7-;6*6-;2*5-/m1010101010/s1. The summed E-state index contributed by atoms with van der Waals surface area (Å²) in [4.78, 5) is 51.4. The maximum absolute atomic E-state index is 11.3. The van der Waals surface area contributed by atoms with Gasteiger partial charge in [-0.2, -0.15) is 8.61 Å². The highest BCUT2D eigenvalue weighted by molar-refractivity contribution is 7.88. The number of morpholine rings is 6. The van der Waals surface area contributed by atoms with Crippen molar-refractivity contribution >= 4 is 43.7 Å². The Morgan fingerprint density at radius 1 is 0.351 bits per heavy atom. The number of rotatable bonds is 6. The highest BCUT2D eigenvalue weighted by Gasteiger charge is 2.26. The lowest BCUT2D eigenvalue weighted by Gasteiger charge is -2.30. The van der Waals surface area contributed by atoms with Crippen molar-refractivity contribution in [3.8, 4) is 0 Å². The number of nitrogens with zero attached hydrogens (tertiary/aromatic N) is 6. The minimum Gasteiger partial charge on any atom is -0.381 e. The molecule has 0 N–H and O–H groups in total. The molecule has 0 aliphatic carbocycles. The smallest absolute Gasteiger partial charge is 0.248 e. The zero-order valence-corrected chi connectivity index (χ0v) is 61.9. The van der Waals surface area contributed by atoms with Crippen LogP contribution in [-0.2, 0) is 106 Å². The quantitative estimate of drug-likeness (QED) is 0.369. The SMILES string of the molecule is CC(=O)N1CCO[C@@H](C)C1.CC(=O)N1CCO[C@H](C)C1.COCC(=O)N1CCO[C@@H](C)C1.COCC(=O)N1CCO[C@H](C)C1.C[C@@H]1CCCOC1.C[C@@H]1CN(S(C)(=O)=O)CCO1.C[C@@H]1COCCO1.C[C@H]1CCCOC1.C[C@H]1CN(S(C)(=O)=O)CCO1.C[C@H]1COCCO1. The number of amides is 4. The lowest BCUT2D eigenvalue weighted by molar-refractivity contribution is -0.142. The van der Waals surface area contributed by atoms with Gasteiger partial charge in [-0.05, 0) is 92.9 Å². The van der Waals surface area contributed by atoms with Gasteiger partial charge in [-0.1, -0.05) is 13.8 Å². The Bertz CT molecular complexity index is 2010. The Morgan fingerprint density at radius 2 is 0.617 bits per heavy atom. The molecule has 28 nitrogen and oxygen atoms in total. The van der Waals surface area contributed by atoms with E-state index in [2.05, 4.69) is 13.8 Å². The summed E-state index contributed by atoms with van der Waals surface area (Å²) in [6.07, 6.45) is 9.10. The van der Waals surface area contributed by atoms with Gasteiger partial charge in [0, 0.05) is 133 Å². The van der Waals surface area contributed by atoms with Crippen LogP contribution >= 0.6 is 0 Å². The molecule has 556 valence electrons. The molecule has 30 heteroatoms. The second-order valence-electron chi connectivity index (χ2n) is 25.0. The predicted molar refractivity (Wildman–Crippen MR) is 358 cm³/mol. The van der Waals surface area contributed by atoms with Gasteiger partial charge in [-0.15, -0.1) is 0 Å². The second kappa shape index (κ2) is 52.2. The number of ether oxygens (including phenoxy) is 14. The summed E-state index contributed by atoms with van der Waals surface area (Å²) < 4.78 is 119. The summed E-state index contributed by atoms with van der Waals surface area (Å²) in [6, 6.07) is 0. The molecule has 4 amide bonds. The molecule has 0 unspecified atom stereocenters. The van der Waals surface area contributed by atoms with Gasteiger partial charge in [0.1, 0.15) is 13.2 Å². The molecule has 0 aromatic rings. The van der Waals surface area contributed by atoms with E-state index in [4.69, 9.17) is 66.3 Å². The molecule has 94 heavy (non-hydrogen) atoms. The summed E-state index contributed by atoms with van der Waals surface area (Å²) in [5.41, 5.74) is 0. The van der Waals surface area contributed by atoms with Crippen LogP contribution in [0.25, 0.3) is 0 Å². The van der Waals surface area contributed by atoms with E-state index in [1.54, 1.807) is 23.6 Å². The number of sulfonamides is 2. The third kappa shape index (κ3) is 45.7. The Balaban J connectivity index is 0.000000525. The van der Waals surface area contributed by atoms with Crippen molar-refractivity contribution in [3.05, 3.63) is 0 Å². The van der Waals surface area contributed by atoms with Gasteiger partial charge in [0.25, 0.3) is 0 Å². The lowest BCUT2D eigenvalue weighted by Crippen LogP contribution is -2.45. The number of carbonyl (C=O) groups excluding carboxylic acids is 4. The first-order chi connectivity index (χ1) is 44.4. The van der Waals surface area contributed by atoms with E-state index in [1.807, 2.05) is 65.2 Å². The number of methoxy groups -OCH3 is 2. The van der Waals surface area contributed by atoms with Gasteiger partial charge in [-0.25, -0.2) is 16.8 Å². The van der Waals surface area contributed by atoms with Crippen LogP contribution in [0.1, 0.15) is 109 Å². The van der Waals surface area contributed by atoms with Crippen LogP contribution < -0.4 is 0 Å². The average molecular weight is 1400 g/mol. The van der Waals surface area contributed by atoms with E-state index in [-0.39, 0.29) is 73.5 Å². The maximum atomic E-state index is 11.3. The molecule has 0 aromatic heterocycles. The van der Waals surface area contributed by atoms with Crippen LogP contribution in [0.3, 0.4) is 0 Å². The van der Waals surface area contributed by atoms with E-state index in [1.165, 1.54) is 61.0 Å². The molecule has 0 aromatic carbocycles. The normalized spacial score (nSPS) is 28.4. The van der Waals surface area contributed by atoms with Crippen LogP contribution in [0.2, 0.25) is 0 Å². The third-order valence-electron chi connectivity index (χ3n) is 15.2. The summed E-state index contributed by atoms with van der Waals surface area (Å²) in [5.74, 6) is 2.02. The Morgan fingerprint density at radius 3 is 0.787 bits per heavy atom. The van der Waals surface area contributed by atoms with Gasteiger partial charge in [-0.3, -0.25) is 19.2 Å². The topological polar surface area (TPSA) is 285 Å². The zero-order valence-electron chi connectivity index (χ0n) is 60.3. The molecule has 10 rings (SSSR count). The largest absolute Gasteiger partial charge is 0.381 e. The fourth-order valence-corrected chi connectivity index (χ4v) is 11.7. The van der Waals surface area contributed by atoms with Crippen LogP contribution in [0.15, 0.2) is 0 Å². The molecule has 10 saturated heterocycles. The molecular weight excluding hydrogens is 1270 g/mol. The van der Waals surface area contributed by atoms with Crippen molar-refractivity contribution in [1.29, 1.82) is 0 Å². The lowest BCUT2D eigenvalue weighted by atomic mass is 10.1. The van der Waals surface area contributed by atoms with E-state index in [9.17, 15) is 36.0 Å². The highest BCUT2D eigenvalue weighted by atomic mass is 32.2. The molecule has 10 heterocycles. The van der Waals surface area contributed by atoms with E-state index in [0.717, 1.165) is 104 Å². The van der Waals surface area contributed by atoms with Gasteiger partial charge in [0.05, 0.1) is 141 Å². The summed E-state index contributed by atoms with van der Waals surface area (Å²) in [6.45, 7) is 43.5. The molecule has 0 radical (unpaired) electrons. The molecular formula is C64H126N6O22S2. The fourth-order valence-electron chi connectivity index (χ4n) is 9.92. The second-order valence-corrected chi connectivity index (χ2v) is 28.9. The molecule has 0 spiro atoms. The minimum absolute atomic E-state index is 0.0264. The fraction of sp³-hybridized carbons (Fsp3) is 0.938. The molecule has 0 saturated carbocycles. The third-order valence-corrected chi connectivity index (χ3v) is 17.7. The average Bonchev–Trinajstić information content (AvgIpc) is 1.11. The first-order valence-corrected chi connectivity index (χ1v) is 37.3. The summed E-state index contributed by atoms with van der Waals surface area (Å²) in [5, 5.41) is 0. The van der Waals surface area contributed by atoms with Gasteiger partial charge >= 0.3 is 0 Å².